The smallest absolute Gasteiger partial charge is 0.340 e. The van der Waals surface area contributed by atoms with Crippen LogP contribution in [0.15, 0.2) is 0 Å². The van der Waals surface area contributed by atoms with Gasteiger partial charge in [0.2, 0.25) is 0 Å². The van der Waals surface area contributed by atoms with E-state index in [0.29, 0.717) is 0 Å². The predicted octanol–water partition coefficient (Wildman–Crippen LogP) is -1.68. The first-order valence-electron chi connectivity index (χ1n) is 2.91. The van der Waals surface area contributed by atoms with Crippen molar-refractivity contribution in [2.45, 2.75) is 5.60 Å². The summed E-state index contributed by atoms with van der Waals surface area (Å²) in [7, 11) is -2.09. The molecule has 1 aliphatic heterocycles. The van der Waals surface area contributed by atoms with Gasteiger partial charge in [-0.15, -0.1) is 0 Å². The van der Waals surface area contributed by atoms with Crippen molar-refractivity contribution in [2.75, 3.05) is 18.6 Å². The Labute approximate surface area is 63.9 Å². The van der Waals surface area contributed by atoms with Crippen molar-refractivity contribution in [3.63, 3.8) is 0 Å². The van der Waals surface area contributed by atoms with Crippen molar-refractivity contribution >= 4 is 15.8 Å². The molecule has 64 valence electrons. The molecule has 1 N–H and O–H groups in total. The molecule has 1 aliphatic rings. The molecular formula is C5H8O5S. The summed E-state index contributed by atoms with van der Waals surface area (Å²) in [5.41, 5.74) is -1.78. The van der Waals surface area contributed by atoms with E-state index in [1.807, 2.05) is 0 Å². The van der Waals surface area contributed by atoms with Crippen molar-refractivity contribution in [1.29, 1.82) is 0 Å². The molecule has 0 saturated carbocycles. The van der Waals surface area contributed by atoms with Gasteiger partial charge < -0.3 is 9.84 Å². The number of ether oxygens (including phenoxy) is 1. The van der Waals surface area contributed by atoms with E-state index >= 15 is 0 Å². The van der Waals surface area contributed by atoms with Gasteiger partial charge in [0.25, 0.3) is 0 Å². The van der Waals surface area contributed by atoms with E-state index in [4.69, 9.17) is 5.11 Å². The highest BCUT2D eigenvalue weighted by Gasteiger charge is 2.54. The molecule has 0 radical (unpaired) electrons. The van der Waals surface area contributed by atoms with Gasteiger partial charge >= 0.3 is 5.97 Å². The number of methoxy groups -OCH3 is 1. The van der Waals surface area contributed by atoms with E-state index in [-0.39, 0.29) is 0 Å². The summed E-state index contributed by atoms with van der Waals surface area (Å²) in [4.78, 5) is 10.7. The van der Waals surface area contributed by atoms with Crippen molar-refractivity contribution < 1.29 is 23.1 Å². The fourth-order valence-corrected chi connectivity index (χ4v) is 2.60. The average molecular weight is 180 g/mol. The Bertz CT molecular complexity index is 265. The van der Waals surface area contributed by atoms with Crippen LogP contribution < -0.4 is 0 Å². The fraction of sp³-hybridized carbons (Fsp3) is 0.800. The van der Waals surface area contributed by atoms with Gasteiger partial charge in [0.05, 0.1) is 18.6 Å². The maximum Gasteiger partial charge on any atom is 0.340 e. The molecule has 6 heteroatoms. The first-order valence-corrected chi connectivity index (χ1v) is 4.73. The highest BCUT2D eigenvalue weighted by molar-refractivity contribution is 7.93. The van der Waals surface area contributed by atoms with Crippen LogP contribution in [-0.4, -0.2) is 43.7 Å². The Kier molecular flexibility index (Phi) is 1.68. The lowest BCUT2D eigenvalue weighted by molar-refractivity contribution is -0.159. The van der Waals surface area contributed by atoms with Crippen LogP contribution in [0, 0.1) is 0 Å². The minimum absolute atomic E-state index is 0.521. The Morgan fingerprint density at radius 1 is 1.55 bits per heavy atom. The third-order valence-electron chi connectivity index (χ3n) is 1.48. The molecule has 1 heterocycles. The molecule has 0 unspecified atom stereocenters. The quantitative estimate of drug-likeness (QED) is 0.487. The molecule has 11 heavy (non-hydrogen) atoms. The van der Waals surface area contributed by atoms with E-state index in [1.165, 1.54) is 0 Å². The van der Waals surface area contributed by atoms with Crippen LogP contribution in [-0.2, 0) is 19.4 Å². The molecule has 1 rings (SSSR count). The Balaban J connectivity index is 2.70. The summed E-state index contributed by atoms with van der Waals surface area (Å²) in [6, 6.07) is 0. The van der Waals surface area contributed by atoms with E-state index in [0.717, 1.165) is 7.11 Å². The number of rotatable bonds is 1. The summed E-state index contributed by atoms with van der Waals surface area (Å²) < 4.78 is 25.3. The topological polar surface area (TPSA) is 80.7 Å². The fourth-order valence-electron chi connectivity index (χ4n) is 0.993. The molecule has 1 fully saturated rings. The first kappa shape index (κ1) is 8.48. The second kappa shape index (κ2) is 2.18. The maximum atomic E-state index is 10.7. The van der Waals surface area contributed by atoms with Crippen LogP contribution in [0.5, 0.6) is 0 Å². The largest absolute Gasteiger partial charge is 0.467 e. The molecule has 0 bridgehead atoms. The summed E-state index contributed by atoms with van der Waals surface area (Å²) in [5.74, 6) is -1.92. The third kappa shape index (κ3) is 1.36. The van der Waals surface area contributed by atoms with Gasteiger partial charge in [-0.05, 0) is 0 Å². The van der Waals surface area contributed by atoms with Crippen molar-refractivity contribution in [1.82, 2.24) is 0 Å². The Hall–Kier alpha value is -0.620. The SMILES string of the molecule is COC(=O)C1(O)CS(=O)(=O)C1. The Morgan fingerprint density at radius 2 is 2.00 bits per heavy atom. The van der Waals surface area contributed by atoms with E-state index in [9.17, 15) is 13.2 Å². The van der Waals surface area contributed by atoms with Gasteiger partial charge in [-0.25, -0.2) is 13.2 Å². The first-order chi connectivity index (χ1) is 4.90. The summed E-state index contributed by atoms with van der Waals surface area (Å²) in [6.45, 7) is 0. The standard InChI is InChI=1S/C5H8O5S/c1-10-4(6)5(7)2-11(8,9)3-5/h7H,2-3H2,1H3. The lowest BCUT2D eigenvalue weighted by Crippen LogP contribution is -2.60. The highest BCUT2D eigenvalue weighted by Crippen LogP contribution is 2.24. The number of aliphatic hydroxyl groups is 1. The van der Waals surface area contributed by atoms with Gasteiger partial charge in [-0.3, -0.25) is 0 Å². The monoisotopic (exact) mass is 180 g/mol. The molecule has 1 saturated heterocycles. The summed E-state index contributed by atoms with van der Waals surface area (Å²) in [6.07, 6.45) is 0. The van der Waals surface area contributed by atoms with Crippen LogP contribution in [0.3, 0.4) is 0 Å². The van der Waals surface area contributed by atoms with Gasteiger partial charge in [0, 0.05) is 0 Å². The molecule has 0 aromatic carbocycles. The van der Waals surface area contributed by atoms with Crippen LogP contribution >= 0.6 is 0 Å². The van der Waals surface area contributed by atoms with Crippen molar-refractivity contribution in [3.8, 4) is 0 Å². The molecule has 0 aromatic rings. The molecular weight excluding hydrogens is 172 g/mol. The molecule has 0 atom stereocenters. The Morgan fingerprint density at radius 3 is 2.27 bits per heavy atom. The number of carbonyl (C=O) groups excluding carboxylic acids is 1. The third-order valence-corrected chi connectivity index (χ3v) is 3.32. The highest BCUT2D eigenvalue weighted by atomic mass is 32.2. The number of hydrogen-bond acceptors (Lipinski definition) is 5. The van der Waals surface area contributed by atoms with E-state index in [1.54, 1.807) is 0 Å². The summed E-state index contributed by atoms with van der Waals surface area (Å²) >= 11 is 0. The van der Waals surface area contributed by atoms with Gasteiger partial charge in [0.15, 0.2) is 15.4 Å². The second-order valence-corrected chi connectivity index (χ2v) is 4.62. The average Bonchev–Trinajstić information content (AvgIpc) is 1.81. The van der Waals surface area contributed by atoms with Gasteiger partial charge in [0.1, 0.15) is 0 Å². The molecule has 0 spiro atoms. The van der Waals surface area contributed by atoms with Gasteiger partial charge in [-0.2, -0.15) is 0 Å². The number of sulfone groups is 1. The van der Waals surface area contributed by atoms with Crippen LogP contribution in [0.4, 0.5) is 0 Å². The number of hydrogen-bond donors (Lipinski definition) is 1. The van der Waals surface area contributed by atoms with Gasteiger partial charge in [-0.1, -0.05) is 0 Å². The van der Waals surface area contributed by atoms with Crippen LogP contribution in [0.1, 0.15) is 0 Å². The zero-order chi connectivity index (χ0) is 8.70. The second-order valence-electron chi connectivity index (χ2n) is 2.56. The number of esters is 1. The minimum Gasteiger partial charge on any atom is -0.467 e. The number of carbonyl (C=O) groups is 1. The predicted molar refractivity (Wildman–Crippen MR) is 35.6 cm³/mol. The molecule has 0 aliphatic carbocycles. The molecule has 0 amide bonds. The molecule has 5 nitrogen and oxygen atoms in total. The molecule has 0 aromatic heterocycles. The lowest BCUT2D eigenvalue weighted by Gasteiger charge is -2.32. The van der Waals surface area contributed by atoms with Crippen LogP contribution in [0.25, 0.3) is 0 Å². The zero-order valence-electron chi connectivity index (χ0n) is 5.90. The minimum atomic E-state index is -3.20. The lowest BCUT2D eigenvalue weighted by atomic mass is 10.1. The van der Waals surface area contributed by atoms with Crippen molar-refractivity contribution in [2.24, 2.45) is 0 Å². The maximum absolute atomic E-state index is 10.7. The summed E-state index contributed by atoms with van der Waals surface area (Å²) in [5, 5.41) is 9.16. The zero-order valence-corrected chi connectivity index (χ0v) is 6.72. The van der Waals surface area contributed by atoms with E-state index < -0.39 is 32.9 Å². The van der Waals surface area contributed by atoms with Crippen molar-refractivity contribution in [3.05, 3.63) is 0 Å². The normalized spacial score (nSPS) is 25.3. The van der Waals surface area contributed by atoms with Crippen LogP contribution in [0.2, 0.25) is 0 Å². The van der Waals surface area contributed by atoms with E-state index in [2.05, 4.69) is 4.74 Å².